The summed E-state index contributed by atoms with van der Waals surface area (Å²) < 4.78 is 43.7. The van der Waals surface area contributed by atoms with E-state index >= 15 is 0 Å². The molecule has 0 bridgehead atoms. The van der Waals surface area contributed by atoms with Crippen LogP contribution in [-0.4, -0.2) is 36.0 Å². The number of alkyl halides is 3. The molecule has 0 spiro atoms. The summed E-state index contributed by atoms with van der Waals surface area (Å²) >= 11 is 0. The number of ether oxygens (including phenoxy) is 1. The molecule has 2 N–H and O–H groups in total. The molecule has 0 heterocycles. The van der Waals surface area contributed by atoms with Crippen LogP contribution in [0.2, 0.25) is 0 Å². The van der Waals surface area contributed by atoms with Crippen LogP contribution in [0.1, 0.15) is 60.3 Å². The molecule has 136 valence electrons. The highest BCUT2D eigenvalue weighted by atomic mass is 19.4. The molecule has 0 aliphatic heterocycles. The molecule has 0 aromatic rings. The van der Waals surface area contributed by atoms with Gasteiger partial charge in [0, 0.05) is 12.6 Å². The monoisotopic (exact) mass is 338 g/mol. The number of rotatable bonds is 4. The Morgan fingerprint density at radius 2 is 1.74 bits per heavy atom. The summed E-state index contributed by atoms with van der Waals surface area (Å²) in [5.41, 5.74) is -1.19. The van der Waals surface area contributed by atoms with Crippen LogP contribution in [-0.2, 0) is 4.74 Å². The average molecular weight is 338 g/mol. The lowest BCUT2D eigenvalue weighted by molar-refractivity contribution is -0.183. The topological polar surface area (TPSA) is 50.4 Å². The van der Waals surface area contributed by atoms with Gasteiger partial charge in [0.05, 0.1) is 11.5 Å². The van der Waals surface area contributed by atoms with Crippen molar-refractivity contribution in [3.8, 4) is 0 Å². The first-order chi connectivity index (χ1) is 10.3. The molecule has 1 saturated carbocycles. The van der Waals surface area contributed by atoms with Gasteiger partial charge in [0.2, 0.25) is 0 Å². The third kappa shape index (κ3) is 7.90. The number of amides is 1. The van der Waals surface area contributed by atoms with Gasteiger partial charge in [-0.2, -0.15) is 13.2 Å². The summed E-state index contributed by atoms with van der Waals surface area (Å²) in [6.07, 6.45) is -3.03. The van der Waals surface area contributed by atoms with Crippen molar-refractivity contribution in [3.63, 3.8) is 0 Å². The van der Waals surface area contributed by atoms with E-state index in [4.69, 9.17) is 4.74 Å². The van der Waals surface area contributed by atoms with E-state index in [0.29, 0.717) is 13.0 Å². The van der Waals surface area contributed by atoms with Crippen molar-refractivity contribution < 1.29 is 22.7 Å². The van der Waals surface area contributed by atoms with Crippen LogP contribution in [0.3, 0.4) is 0 Å². The Morgan fingerprint density at radius 3 is 2.26 bits per heavy atom. The molecule has 1 aliphatic carbocycles. The molecule has 2 atom stereocenters. The number of nitrogens with one attached hydrogen (secondary N) is 2. The molecule has 0 radical (unpaired) electrons. The Balaban J connectivity index is 2.45. The second-order valence-corrected chi connectivity index (χ2v) is 7.99. The third-order valence-corrected chi connectivity index (χ3v) is 3.81. The molecule has 0 saturated heterocycles. The van der Waals surface area contributed by atoms with E-state index in [1.807, 2.05) is 13.8 Å². The zero-order valence-electron chi connectivity index (χ0n) is 14.6. The summed E-state index contributed by atoms with van der Waals surface area (Å²) in [6.45, 7) is 9.34. The molecule has 4 nitrogen and oxygen atoms in total. The zero-order chi connectivity index (χ0) is 17.9. The van der Waals surface area contributed by atoms with Gasteiger partial charge >= 0.3 is 12.3 Å². The summed E-state index contributed by atoms with van der Waals surface area (Å²) in [6, 6.07) is -0.171. The minimum atomic E-state index is -4.12. The van der Waals surface area contributed by atoms with E-state index in [9.17, 15) is 18.0 Å². The fourth-order valence-electron chi connectivity index (χ4n) is 2.70. The quantitative estimate of drug-likeness (QED) is 0.814. The Hall–Kier alpha value is -0.980. The minimum absolute atomic E-state index is 0.103. The van der Waals surface area contributed by atoms with Crippen molar-refractivity contribution in [2.45, 2.75) is 83.7 Å². The molecule has 1 amide bonds. The van der Waals surface area contributed by atoms with Crippen molar-refractivity contribution >= 4 is 6.09 Å². The van der Waals surface area contributed by atoms with Crippen molar-refractivity contribution in [2.24, 2.45) is 5.92 Å². The zero-order valence-corrected chi connectivity index (χ0v) is 14.6. The molecular weight excluding hydrogens is 309 g/mol. The number of halogens is 3. The van der Waals surface area contributed by atoms with Gasteiger partial charge in [0.1, 0.15) is 5.60 Å². The lowest BCUT2D eigenvalue weighted by Crippen LogP contribution is -2.54. The van der Waals surface area contributed by atoms with Crippen LogP contribution in [0.4, 0.5) is 18.0 Å². The summed E-state index contributed by atoms with van der Waals surface area (Å²) in [4.78, 5) is 11.8. The molecule has 23 heavy (non-hydrogen) atoms. The largest absolute Gasteiger partial charge is 0.444 e. The van der Waals surface area contributed by atoms with Gasteiger partial charge in [-0.15, -0.1) is 0 Å². The summed E-state index contributed by atoms with van der Waals surface area (Å²) in [5, 5.41) is 5.91. The molecule has 1 rings (SSSR count). The Morgan fingerprint density at radius 1 is 1.13 bits per heavy atom. The Kier molecular flexibility index (Phi) is 6.35. The molecule has 1 aliphatic rings. The van der Waals surface area contributed by atoms with Crippen LogP contribution in [0, 0.1) is 5.92 Å². The number of hydrogen-bond donors (Lipinski definition) is 2. The third-order valence-electron chi connectivity index (χ3n) is 3.81. The van der Waals surface area contributed by atoms with Crippen LogP contribution in [0.25, 0.3) is 0 Å². The van der Waals surface area contributed by atoms with Crippen LogP contribution in [0.15, 0.2) is 0 Å². The van der Waals surface area contributed by atoms with Crippen molar-refractivity contribution in [3.05, 3.63) is 0 Å². The van der Waals surface area contributed by atoms with Gasteiger partial charge < -0.3 is 15.4 Å². The van der Waals surface area contributed by atoms with Gasteiger partial charge in [-0.05, 0) is 53.9 Å². The first-order valence-electron chi connectivity index (χ1n) is 8.10. The second-order valence-electron chi connectivity index (χ2n) is 7.99. The van der Waals surface area contributed by atoms with Crippen molar-refractivity contribution in [1.29, 1.82) is 0 Å². The first-order valence-corrected chi connectivity index (χ1v) is 8.10. The van der Waals surface area contributed by atoms with E-state index in [1.54, 1.807) is 20.8 Å². The Bertz CT molecular complexity index is 403. The number of alkyl carbamates (subject to hydrolysis) is 1. The van der Waals surface area contributed by atoms with E-state index in [0.717, 1.165) is 6.42 Å². The number of carbonyl (C=O) groups is 1. The molecule has 0 aromatic heterocycles. The van der Waals surface area contributed by atoms with Crippen LogP contribution in [0.5, 0.6) is 0 Å². The maximum atomic E-state index is 12.8. The fourth-order valence-corrected chi connectivity index (χ4v) is 2.70. The molecule has 0 aromatic carbocycles. The highest BCUT2D eigenvalue weighted by molar-refractivity contribution is 5.68. The van der Waals surface area contributed by atoms with Gasteiger partial charge in [-0.3, -0.25) is 0 Å². The van der Waals surface area contributed by atoms with Crippen molar-refractivity contribution in [2.75, 3.05) is 6.54 Å². The van der Waals surface area contributed by atoms with Gasteiger partial charge in [-0.25, -0.2) is 4.79 Å². The van der Waals surface area contributed by atoms with E-state index in [2.05, 4.69) is 10.6 Å². The summed E-state index contributed by atoms with van der Waals surface area (Å²) in [7, 11) is 0. The second kappa shape index (κ2) is 7.28. The SMILES string of the molecule is CC(C)(CNC1CCCC(C(F)(F)F)C1)NC(=O)OC(C)(C)C. The fraction of sp³-hybridized carbons (Fsp3) is 0.938. The summed E-state index contributed by atoms with van der Waals surface area (Å²) in [5.74, 6) is -1.23. The molecule has 7 heteroatoms. The first kappa shape index (κ1) is 20.1. The average Bonchev–Trinajstić information content (AvgIpc) is 2.33. The van der Waals surface area contributed by atoms with Crippen molar-refractivity contribution in [1.82, 2.24) is 10.6 Å². The van der Waals surface area contributed by atoms with E-state index in [1.165, 1.54) is 0 Å². The molecule has 2 unspecified atom stereocenters. The molecular formula is C16H29F3N2O2. The molecule has 1 fully saturated rings. The van der Waals surface area contributed by atoms with Crippen LogP contribution < -0.4 is 10.6 Å². The Labute approximate surface area is 136 Å². The lowest BCUT2D eigenvalue weighted by Gasteiger charge is -2.34. The van der Waals surface area contributed by atoms with E-state index < -0.39 is 29.3 Å². The predicted molar refractivity (Wildman–Crippen MR) is 83.3 cm³/mol. The minimum Gasteiger partial charge on any atom is -0.444 e. The highest BCUT2D eigenvalue weighted by Gasteiger charge is 2.42. The van der Waals surface area contributed by atoms with Gasteiger partial charge in [0.25, 0.3) is 0 Å². The lowest BCUT2D eigenvalue weighted by atomic mass is 9.85. The van der Waals surface area contributed by atoms with Gasteiger partial charge in [0.15, 0.2) is 0 Å². The normalized spacial score (nSPS) is 23.5. The predicted octanol–water partition coefficient (Wildman–Crippen LogP) is 4.00. The maximum absolute atomic E-state index is 12.8. The van der Waals surface area contributed by atoms with Crippen LogP contribution >= 0.6 is 0 Å². The number of hydrogen-bond acceptors (Lipinski definition) is 3. The standard InChI is InChI=1S/C16H29F3N2O2/c1-14(2,3)23-13(22)21-15(4,5)10-20-12-8-6-7-11(9-12)16(17,18)19/h11-12,20H,6-10H2,1-5H3,(H,21,22). The van der Waals surface area contributed by atoms with E-state index in [-0.39, 0.29) is 18.9 Å². The van der Waals surface area contributed by atoms with Gasteiger partial charge in [-0.1, -0.05) is 6.42 Å². The maximum Gasteiger partial charge on any atom is 0.408 e. The number of carbonyl (C=O) groups excluding carboxylic acids is 1. The smallest absolute Gasteiger partial charge is 0.408 e. The highest BCUT2D eigenvalue weighted by Crippen LogP contribution is 2.37.